The van der Waals surface area contributed by atoms with Crippen molar-refractivity contribution in [3.63, 3.8) is 0 Å². The second kappa shape index (κ2) is 6.39. The standard InChI is InChI=1S/C12H22N4O/c1-4-12(17,5-2)9-15-11-8-13-7-10(16-11)14-6-3/h7-8,17H,4-6,9H2,1-3H3,(H2,14,15,16). The van der Waals surface area contributed by atoms with Crippen LogP contribution in [0, 0.1) is 0 Å². The molecular formula is C12H22N4O. The van der Waals surface area contributed by atoms with Crippen LogP contribution < -0.4 is 10.6 Å². The summed E-state index contributed by atoms with van der Waals surface area (Å²) in [6, 6.07) is 0. The van der Waals surface area contributed by atoms with Crippen molar-refractivity contribution in [3.05, 3.63) is 12.4 Å². The summed E-state index contributed by atoms with van der Waals surface area (Å²) in [6.07, 6.45) is 4.78. The molecule has 0 saturated heterocycles. The van der Waals surface area contributed by atoms with Crippen molar-refractivity contribution in [2.75, 3.05) is 23.7 Å². The Bertz CT molecular complexity index is 339. The Morgan fingerprint density at radius 3 is 2.24 bits per heavy atom. The molecule has 0 fully saturated rings. The van der Waals surface area contributed by atoms with Gasteiger partial charge in [-0.1, -0.05) is 13.8 Å². The highest BCUT2D eigenvalue weighted by Gasteiger charge is 2.21. The molecule has 0 radical (unpaired) electrons. The minimum absolute atomic E-state index is 0.490. The Hall–Kier alpha value is -1.36. The summed E-state index contributed by atoms with van der Waals surface area (Å²) < 4.78 is 0. The van der Waals surface area contributed by atoms with Crippen LogP contribution in [0.2, 0.25) is 0 Å². The first kappa shape index (κ1) is 13.7. The van der Waals surface area contributed by atoms with E-state index in [-0.39, 0.29) is 0 Å². The van der Waals surface area contributed by atoms with E-state index in [0.29, 0.717) is 12.4 Å². The largest absolute Gasteiger partial charge is 0.388 e. The van der Waals surface area contributed by atoms with Gasteiger partial charge in [0.25, 0.3) is 0 Å². The molecule has 0 amide bonds. The zero-order valence-corrected chi connectivity index (χ0v) is 10.8. The molecule has 0 spiro atoms. The number of nitrogens with one attached hydrogen (secondary N) is 2. The molecule has 0 atom stereocenters. The molecule has 5 nitrogen and oxygen atoms in total. The Kier molecular flexibility index (Phi) is 5.15. The Labute approximate surface area is 103 Å². The zero-order valence-electron chi connectivity index (χ0n) is 10.8. The minimum Gasteiger partial charge on any atom is -0.388 e. The molecule has 5 heteroatoms. The number of hydrogen-bond donors (Lipinski definition) is 3. The topological polar surface area (TPSA) is 70.1 Å². The fourth-order valence-corrected chi connectivity index (χ4v) is 1.47. The highest BCUT2D eigenvalue weighted by atomic mass is 16.3. The van der Waals surface area contributed by atoms with E-state index in [1.165, 1.54) is 0 Å². The van der Waals surface area contributed by atoms with Gasteiger partial charge in [0.05, 0.1) is 18.0 Å². The van der Waals surface area contributed by atoms with Crippen LogP contribution in [0.15, 0.2) is 12.4 Å². The van der Waals surface area contributed by atoms with Crippen LogP contribution in [-0.4, -0.2) is 33.8 Å². The molecule has 1 aromatic rings. The molecule has 0 aliphatic rings. The van der Waals surface area contributed by atoms with Crippen LogP contribution in [0.5, 0.6) is 0 Å². The van der Waals surface area contributed by atoms with Gasteiger partial charge in [0.1, 0.15) is 11.6 Å². The third kappa shape index (κ3) is 4.19. The van der Waals surface area contributed by atoms with Crippen LogP contribution in [0.25, 0.3) is 0 Å². The number of aliphatic hydroxyl groups is 1. The number of rotatable bonds is 7. The van der Waals surface area contributed by atoms with Crippen LogP contribution in [0.4, 0.5) is 11.6 Å². The van der Waals surface area contributed by atoms with E-state index < -0.39 is 5.60 Å². The molecule has 3 N–H and O–H groups in total. The zero-order chi connectivity index (χ0) is 12.7. The molecule has 96 valence electrons. The summed E-state index contributed by atoms with van der Waals surface area (Å²) in [5, 5.41) is 16.4. The minimum atomic E-state index is -0.671. The maximum absolute atomic E-state index is 10.1. The van der Waals surface area contributed by atoms with E-state index in [4.69, 9.17) is 0 Å². The van der Waals surface area contributed by atoms with Gasteiger partial charge in [-0.2, -0.15) is 0 Å². The molecule has 0 saturated carbocycles. The predicted molar refractivity (Wildman–Crippen MR) is 70.2 cm³/mol. The lowest BCUT2D eigenvalue weighted by molar-refractivity contribution is 0.0456. The summed E-state index contributed by atoms with van der Waals surface area (Å²) in [7, 11) is 0. The SMILES string of the molecule is CCNc1cncc(NCC(O)(CC)CC)n1. The van der Waals surface area contributed by atoms with E-state index >= 15 is 0 Å². The fourth-order valence-electron chi connectivity index (χ4n) is 1.47. The monoisotopic (exact) mass is 238 g/mol. The average Bonchev–Trinajstić information content (AvgIpc) is 2.37. The number of nitrogens with zero attached hydrogens (tertiary/aromatic N) is 2. The third-order valence-electron chi connectivity index (χ3n) is 2.91. The van der Waals surface area contributed by atoms with Crippen molar-refractivity contribution in [2.24, 2.45) is 0 Å². The van der Waals surface area contributed by atoms with E-state index in [1.54, 1.807) is 12.4 Å². The molecule has 0 unspecified atom stereocenters. The number of anilines is 2. The highest BCUT2D eigenvalue weighted by Crippen LogP contribution is 2.15. The lowest BCUT2D eigenvalue weighted by atomic mass is 9.98. The van der Waals surface area contributed by atoms with Crippen molar-refractivity contribution in [1.82, 2.24) is 9.97 Å². The van der Waals surface area contributed by atoms with Gasteiger partial charge in [-0.15, -0.1) is 0 Å². The summed E-state index contributed by atoms with van der Waals surface area (Å²) in [5.41, 5.74) is -0.671. The molecular weight excluding hydrogens is 216 g/mol. The van der Waals surface area contributed by atoms with Crippen molar-refractivity contribution in [2.45, 2.75) is 39.2 Å². The van der Waals surface area contributed by atoms with Gasteiger partial charge in [-0.25, -0.2) is 4.98 Å². The normalized spacial score (nSPS) is 11.3. The third-order valence-corrected chi connectivity index (χ3v) is 2.91. The molecule has 17 heavy (non-hydrogen) atoms. The summed E-state index contributed by atoms with van der Waals surface area (Å²) in [6.45, 7) is 7.27. The van der Waals surface area contributed by atoms with E-state index in [9.17, 15) is 5.11 Å². The van der Waals surface area contributed by atoms with Gasteiger partial charge in [0.2, 0.25) is 0 Å². The van der Waals surface area contributed by atoms with Crippen LogP contribution in [0.3, 0.4) is 0 Å². The van der Waals surface area contributed by atoms with Crippen LogP contribution in [-0.2, 0) is 0 Å². The van der Waals surface area contributed by atoms with E-state index in [2.05, 4.69) is 20.6 Å². The average molecular weight is 238 g/mol. The van der Waals surface area contributed by atoms with Gasteiger partial charge in [-0.05, 0) is 19.8 Å². The van der Waals surface area contributed by atoms with Crippen molar-refractivity contribution in [1.29, 1.82) is 0 Å². The number of hydrogen-bond acceptors (Lipinski definition) is 5. The second-order valence-electron chi connectivity index (χ2n) is 4.10. The first-order chi connectivity index (χ1) is 8.13. The summed E-state index contributed by atoms with van der Waals surface area (Å²) in [5.74, 6) is 1.43. The van der Waals surface area contributed by atoms with E-state index in [0.717, 1.165) is 25.2 Å². The first-order valence-electron chi connectivity index (χ1n) is 6.15. The molecule has 1 rings (SSSR count). The van der Waals surface area contributed by atoms with Crippen molar-refractivity contribution >= 4 is 11.6 Å². The maximum atomic E-state index is 10.1. The van der Waals surface area contributed by atoms with Gasteiger partial charge in [0, 0.05) is 13.1 Å². The smallest absolute Gasteiger partial charge is 0.147 e. The molecule has 0 aliphatic heterocycles. The Morgan fingerprint density at radius 2 is 1.71 bits per heavy atom. The lowest BCUT2D eigenvalue weighted by Gasteiger charge is -2.25. The molecule has 1 aromatic heterocycles. The van der Waals surface area contributed by atoms with Crippen molar-refractivity contribution in [3.8, 4) is 0 Å². The summed E-state index contributed by atoms with van der Waals surface area (Å²) in [4.78, 5) is 8.42. The Morgan fingerprint density at radius 1 is 1.12 bits per heavy atom. The molecule has 0 aromatic carbocycles. The molecule has 0 aliphatic carbocycles. The first-order valence-corrected chi connectivity index (χ1v) is 6.15. The predicted octanol–water partition coefficient (Wildman–Crippen LogP) is 1.87. The summed E-state index contributed by atoms with van der Waals surface area (Å²) >= 11 is 0. The second-order valence-corrected chi connectivity index (χ2v) is 4.10. The van der Waals surface area contributed by atoms with Gasteiger partial charge >= 0.3 is 0 Å². The van der Waals surface area contributed by atoms with Crippen molar-refractivity contribution < 1.29 is 5.11 Å². The molecule has 0 bridgehead atoms. The van der Waals surface area contributed by atoms with Crippen LogP contribution in [0.1, 0.15) is 33.6 Å². The van der Waals surface area contributed by atoms with Crippen LogP contribution >= 0.6 is 0 Å². The quantitative estimate of drug-likeness (QED) is 0.676. The maximum Gasteiger partial charge on any atom is 0.147 e. The Balaban J connectivity index is 2.59. The van der Waals surface area contributed by atoms with Gasteiger partial charge < -0.3 is 15.7 Å². The molecule has 1 heterocycles. The lowest BCUT2D eigenvalue weighted by Crippen LogP contribution is -2.35. The highest BCUT2D eigenvalue weighted by molar-refractivity contribution is 5.41. The van der Waals surface area contributed by atoms with Gasteiger partial charge in [-0.3, -0.25) is 4.98 Å². The van der Waals surface area contributed by atoms with Gasteiger partial charge in [0.15, 0.2) is 0 Å². The number of aromatic nitrogens is 2. The fraction of sp³-hybridized carbons (Fsp3) is 0.667. The van der Waals surface area contributed by atoms with E-state index in [1.807, 2.05) is 20.8 Å².